The lowest BCUT2D eigenvalue weighted by Crippen LogP contribution is -2.38. The van der Waals surface area contributed by atoms with E-state index >= 15 is 0 Å². The summed E-state index contributed by atoms with van der Waals surface area (Å²) in [6, 6.07) is 8.19. The van der Waals surface area contributed by atoms with E-state index in [0.29, 0.717) is 5.75 Å². The van der Waals surface area contributed by atoms with Crippen LogP contribution in [0.25, 0.3) is 0 Å². The minimum Gasteiger partial charge on any atom is -0.491 e. The number of hydrogen-bond donors (Lipinski definition) is 2. The minimum absolute atomic E-state index is 0.0375. The fourth-order valence-electron chi connectivity index (χ4n) is 1.52. The summed E-state index contributed by atoms with van der Waals surface area (Å²) in [5.41, 5.74) is 0. The van der Waals surface area contributed by atoms with Crippen molar-refractivity contribution in [2.45, 2.75) is 31.7 Å². The third-order valence-corrected chi connectivity index (χ3v) is 2.43. The Labute approximate surface area is 110 Å². The smallest absolute Gasteiger partial charge is 0.390 e. The van der Waals surface area contributed by atoms with E-state index in [9.17, 15) is 18.3 Å². The molecular formula is C13H18F3NO2. The van der Waals surface area contributed by atoms with Gasteiger partial charge < -0.3 is 15.2 Å². The SMILES string of the molecule is CC(CC(F)(F)F)NCC(O)COc1ccccc1. The predicted molar refractivity (Wildman–Crippen MR) is 66.1 cm³/mol. The van der Waals surface area contributed by atoms with Gasteiger partial charge in [0.05, 0.1) is 6.42 Å². The van der Waals surface area contributed by atoms with E-state index in [1.807, 2.05) is 6.07 Å². The zero-order valence-electron chi connectivity index (χ0n) is 10.7. The van der Waals surface area contributed by atoms with Crippen molar-refractivity contribution in [1.82, 2.24) is 5.32 Å². The summed E-state index contributed by atoms with van der Waals surface area (Å²) < 4.78 is 41.5. The van der Waals surface area contributed by atoms with E-state index in [4.69, 9.17) is 4.74 Å². The molecule has 1 rings (SSSR count). The highest BCUT2D eigenvalue weighted by Gasteiger charge is 2.29. The van der Waals surface area contributed by atoms with Crippen molar-refractivity contribution >= 4 is 0 Å². The Hall–Kier alpha value is -1.27. The average Bonchev–Trinajstić information content (AvgIpc) is 2.33. The molecule has 19 heavy (non-hydrogen) atoms. The van der Waals surface area contributed by atoms with Crippen LogP contribution < -0.4 is 10.1 Å². The minimum atomic E-state index is -4.20. The van der Waals surface area contributed by atoms with Gasteiger partial charge in [-0.2, -0.15) is 13.2 Å². The molecule has 0 saturated heterocycles. The number of aliphatic hydroxyl groups excluding tert-OH is 1. The molecule has 2 atom stereocenters. The first-order valence-corrected chi connectivity index (χ1v) is 6.03. The molecule has 108 valence electrons. The predicted octanol–water partition coefficient (Wildman–Crippen LogP) is 2.36. The highest BCUT2D eigenvalue weighted by atomic mass is 19.4. The molecule has 0 fully saturated rings. The van der Waals surface area contributed by atoms with Crippen molar-refractivity contribution in [3.8, 4) is 5.75 Å². The fraction of sp³-hybridized carbons (Fsp3) is 0.538. The number of alkyl halides is 3. The van der Waals surface area contributed by atoms with Crippen molar-refractivity contribution in [2.75, 3.05) is 13.2 Å². The van der Waals surface area contributed by atoms with Crippen LogP contribution >= 0.6 is 0 Å². The number of rotatable bonds is 7. The summed E-state index contributed by atoms with van der Waals surface area (Å²) in [5, 5.41) is 12.2. The maximum atomic E-state index is 12.1. The first-order chi connectivity index (χ1) is 8.87. The topological polar surface area (TPSA) is 41.5 Å². The van der Waals surface area contributed by atoms with E-state index in [0.717, 1.165) is 0 Å². The van der Waals surface area contributed by atoms with Crippen molar-refractivity contribution in [1.29, 1.82) is 0 Å². The van der Waals surface area contributed by atoms with Crippen molar-refractivity contribution in [3.05, 3.63) is 30.3 Å². The van der Waals surface area contributed by atoms with E-state index < -0.39 is 24.7 Å². The van der Waals surface area contributed by atoms with Crippen molar-refractivity contribution < 1.29 is 23.0 Å². The molecule has 1 aromatic rings. The van der Waals surface area contributed by atoms with Crippen LogP contribution in [0, 0.1) is 0 Å². The first kappa shape index (κ1) is 15.8. The molecular weight excluding hydrogens is 259 g/mol. The number of halogens is 3. The molecule has 6 heteroatoms. The molecule has 0 aliphatic heterocycles. The molecule has 0 aromatic heterocycles. The average molecular weight is 277 g/mol. The van der Waals surface area contributed by atoms with Gasteiger partial charge in [0.25, 0.3) is 0 Å². The number of aliphatic hydroxyl groups is 1. The molecule has 0 radical (unpaired) electrons. The summed E-state index contributed by atoms with van der Waals surface area (Å²) >= 11 is 0. The molecule has 0 amide bonds. The van der Waals surface area contributed by atoms with E-state index in [1.165, 1.54) is 6.92 Å². The second-order valence-electron chi connectivity index (χ2n) is 4.41. The molecule has 2 N–H and O–H groups in total. The lowest BCUT2D eigenvalue weighted by molar-refractivity contribution is -0.139. The first-order valence-electron chi connectivity index (χ1n) is 6.03. The lowest BCUT2D eigenvalue weighted by Gasteiger charge is -2.18. The Morgan fingerprint density at radius 2 is 1.89 bits per heavy atom. The monoisotopic (exact) mass is 277 g/mol. The number of benzene rings is 1. The van der Waals surface area contributed by atoms with Crippen LogP contribution in [0.2, 0.25) is 0 Å². The van der Waals surface area contributed by atoms with Gasteiger partial charge in [0.2, 0.25) is 0 Å². The second-order valence-corrected chi connectivity index (χ2v) is 4.41. The molecule has 0 aliphatic rings. The van der Waals surface area contributed by atoms with Gasteiger partial charge in [-0.05, 0) is 19.1 Å². The van der Waals surface area contributed by atoms with Crippen LogP contribution in [0.5, 0.6) is 5.75 Å². The summed E-state index contributed by atoms with van der Waals surface area (Å²) in [6.45, 7) is 1.53. The standard InChI is InChI=1S/C13H18F3NO2/c1-10(7-13(14,15)16)17-8-11(18)9-19-12-5-3-2-4-6-12/h2-6,10-11,17-18H,7-9H2,1H3. The highest BCUT2D eigenvalue weighted by molar-refractivity contribution is 5.20. The Balaban J connectivity index is 2.19. The van der Waals surface area contributed by atoms with E-state index in [2.05, 4.69) is 5.32 Å². The summed E-state index contributed by atoms with van der Waals surface area (Å²) in [4.78, 5) is 0. The van der Waals surface area contributed by atoms with Gasteiger partial charge in [0, 0.05) is 12.6 Å². The molecule has 2 unspecified atom stereocenters. The van der Waals surface area contributed by atoms with Crippen molar-refractivity contribution in [2.24, 2.45) is 0 Å². The number of para-hydroxylation sites is 1. The second kappa shape index (κ2) is 7.35. The quantitative estimate of drug-likeness (QED) is 0.804. The lowest BCUT2D eigenvalue weighted by atomic mass is 10.2. The summed E-state index contributed by atoms with van der Waals surface area (Å²) in [5.74, 6) is 0.616. The molecule has 3 nitrogen and oxygen atoms in total. The Morgan fingerprint density at radius 1 is 1.26 bits per heavy atom. The normalized spacial score (nSPS) is 15.0. The Kier molecular flexibility index (Phi) is 6.11. The number of ether oxygens (including phenoxy) is 1. The van der Waals surface area contributed by atoms with Gasteiger partial charge in [-0.3, -0.25) is 0 Å². The summed E-state index contributed by atoms with van der Waals surface area (Å²) in [7, 11) is 0. The van der Waals surface area contributed by atoms with Gasteiger partial charge in [-0.1, -0.05) is 18.2 Å². The van der Waals surface area contributed by atoms with E-state index in [-0.39, 0.29) is 13.2 Å². The molecule has 1 aromatic carbocycles. The Morgan fingerprint density at radius 3 is 2.47 bits per heavy atom. The zero-order chi connectivity index (χ0) is 14.3. The Bertz CT molecular complexity index is 357. The van der Waals surface area contributed by atoms with Crippen LogP contribution in [0.4, 0.5) is 13.2 Å². The fourth-order valence-corrected chi connectivity index (χ4v) is 1.52. The molecule has 0 spiro atoms. The van der Waals surface area contributed by atoms with Gasteiger partial charge in [-0.25, -0.2) is 0 Å². The number of nitrogens with one attached hydrogen (secondary N) is 1. The van der Waals surface area contributed by atoms with Crippen LogP contribution in [-0.2, 0) is 0 Å². The number of hydrogen-bond acceptors (Lipinski definition) is 3. The van der Waals surface area contributed by atoms with Gasteiger partial charge in [0.1, 0.15) is 18.5 Å². The highest BCUT2D eigenvalue weighted by Crippen LogP contribution is 2.21. The molecule has 0 saturated carbocycles. The van der Waals surface area contributed by atoms with Crippen LogP contribution in [-0.4, -0.2) is 36.6 Å². The largest absolute Gasteiger partial charge is 0.491 e. The van der Waals surface area contributed by atoms with Crippen LogP contribution in [0.3, 0.4) is 0 Å². The third-order valence-electron chi connectivity index (χ3n) is 2.43. The zero-order valence-corrected chi connectivity index (χ0v) is 10.7. The van der Waals surface area contributed by atoms with Gasteiger partial charge >= 0.3 is 6.18 Å². The molecule has 0 heterocycles. The van der Waals surface area contributed by atoms with E-state index in [1.54, 1.807) is 24.3 Å². The summed E-state index contributed by atoms with van der Waals surface area (Å²) in [6.07, 6.45) is -5.96. The molecule has 0 aliphatic carbocycles. The molecule has 0 bridgehead atoms. The van der Waals surface area contributed by atoms with Gasteiger partial charge in [0.15, 0.2) is 0 Å². The van der Waals surface area contributed by atoms with Crippen LogP contribution in [0.15, 0.2) is 30.3 Å². The maximum Gasteiger partial charge on any atom is 0.390 e. The van der Waals surface area contributed by atoms with Crippen molar-refractivity contribution in [3.63, 3.8) is 0 Å². The third kappa shape index (κ3) is 7.69. The van der Waals surface area contributed by atoms with Gasteiger partial charge in [-0.15, -0.1) is 0 Å². The van der Waals surface area contributed by atoms with Crippen LogP contribution in [0.1, 0.15) is 13.3 Å². The maximum absolute atomic E-state index is 12.1.